The molecule has 134 valence electrons. The number of carbonyl (C=O) groups is 1. The molecule has 1 atom stereocenters. The molecule has 0 radical (unpaired) electrons. The number of likely N-dealkylation sites (tertiary alicyclic amines) is 1. The highest BCUT2D eigenvalue weighted by molar-refractivity contribution is 7.92. The third-order valence-corrected chi connectivity index (χ3v) is 7.31. The first-order valence-electron chi connectivity index (χ1n) is 7.55. The quantitative estimate of drug-likeness (QED) is 0.594. The molecular formula is C15H19Cl3N2O3S. The normalized spacial score (nSPS) is 18.2. The minimum Gasteiger partial charge on any atom is -0.336 e. The van der Waals surface area contributed by atoms with Crippen molar-refractivity contribution >= 4 is 50.5 Å². The first-order chi connectivity index (χ1) is 11.2. The van der Waals surface area contributed by atoms with Gasteiger partial charge in [0.25, 0.3) is 0 Å². The lowest BCUT2D eigenvalue weighted by atomic mass is 10.1. The van der Waals surface area contributed by atoms with Crippen LogP contribution in [0.3, 0.4) is 0 Å². The second-order valence-corrected chi connectivity index (χ2v) is 9.53. The van der Waals surface area contributed by atoms with Crippen molar-refractivity contribution in [3.8, 4) is 0 Å². The first-order valence-corrected chi connectivity index (χ1v) is 10.2. The van der Waals surface area contributed by atoms with E-state index in [1.807, 2.05) is 0 Å². The molecule has 1 N–H and O–H groups in total. The SMILES string of the molecule is CC(=O)NC(C(Cl)(Cl)N1CCCCC1)S(=O)(=O)c1ccc(Cl)cc1. The van der Waals surface area contributed by atoms with Crippen LogP contribution in [0.5, 0.6) is 0 Å². The third-order valence-electron chi connectivity index (χ3n) is 3.88. The maximum absolute atomic E-state index is 13.0. The zero-order valence-electron chi connectivity index (χ0n) is 13.1. The van der Waals surface area contributed by atoms with Gasteiger partial charge in [-0.05, 0) is 37.1 Å². The van der Waals surface area contributed by atoms with Crippen molar-refractivity contribution < 1.29 is 13.2 Å². The van der Waals surface area contributed by atoms with Gasteiger partial charge in [-0.15, -0.1) is 0 Å². The van der Waals surface area contributed by atoms with E-state index in [2.05, 4.69) is 5.32 Å². The van der Waals surface area contributed by atoms with Crippen LogP contribution in [0.15, 0.2) is 29.2 Å². The van der Waals surface area contributed by atoms with Crippen molar-refractivity contribution in [3.05, 3.63) is 29.3 Å². The number of halogens is 3. The van der Waals surface area contributed by atoms with Gasteiger partial charge in [-0.3, -0.25) is 9.69 Å². The predicted molar refractivity (Wildman–Crippen MR) is 96.1 cm³/mol. The number of piperidine rings is 1. The van der Waals surface area contributed by atoms with E-state index in [0.29, 0.717) is 18.1 Å². The van der Waals surface area contributed by atoms with Crippen LogP contribution in [0.25, 0.3) is 0 Å². The highest BCUT2D eigenvalue weighted by atomic mass is 35.5. The number of benzene rings is 1. The van der Waals surface area contributed by atoms with Crippen molar-refractivity contribution in [3.63, 3.8) is 0 Å². The predicted octanol–water partition coefficient (Wildman–Crippen LogP) is 3.19. The number of nitrogens with zero attached hydrogens (tertiary/aromatic N) is 1. The van der Waals surface area contributed by atoms with Crippen molar-refractivity contribution in [2.45, 2.75) is 40.9 Å². The van der Waals surface area contributed by atoms with E-state index in [0.717, 1.165) is 19.3 Å². The average molecular weight is 414 g/mol. The topological polar surface area (TPSA) is 66.5 Å². The average Bonchev–Trinajstić information content (AvgIpc) is 2.53. The summed E-state index contributed by atoms with van der Waals surface area (Å²) in [6.07, 6.45) is 2.78. The molecule has 0 aromatic heterocycles. The molecule has 1 aliphatic rings. The standard InChI is InChI=1S/C15H19Cl3N2O3S/c1-11(21)19-14(15(17,18)20-9-3-2-4-10-20)24(22,23)13-7-5-12(16)6-8-13/h5-8,14H,2-4,9-10H2,1H3,(H,19,21). The minimum atomic E-state index is -4.02. The van der Waals surface area contributed by atoms with E-state index >= 15 is 0 Å². The molecule has 1 aliphatic heterocycles. The maximum atomic E-state index is 13.0. The summed E-state index contributed by atoms with van der Waals surface area (Å²) in [7, 11) is -4.02. The van der Waals surface area contributed by atoms with E-state index in [-0.39, 0.29) is 4.90 Å². The fourth-order valence-corrected chi connectivity index (χ4v) is 5.56. The molecule has 1 aromatic rings. The molecule has 9 heteroatoms. The number of sulfone groups is 1. The van der Waals surface area contributed by atoms with Gasteiger partial charge in [-0.25, -0.2) is 8.42 Å². The second kappa shape index (κ2) is 7.79. The van der Waals surface area contributed by atoms with Gasteiger partial charge in [0.2, 0.25) is 20.2 Å². The largest absolute Gasteiger partial charge is 0.336 e. The first kappa shape index (κ1) is 19.8. The van der Waals surface area contributed by atoms with Crippen LogP contribution in [0, 0.1) is 0 Å². The Morgan fingerprint density at radius 3 is 2.21 bits per heavy atom. The van der Waals surface area contributed by atoms with Crippen molar-refractivity contribution in [1.82, 2.24) is 10.2 Å². The number of carbonyl (C=O) groups excluding carboxylic acids is 1. The van der Waals surface area contributed by atoms with Crippen molar-refractivity contribution in [1.29, 1.82) is 0 Å². The Kier molecular flexibility index (Phi) is 6.42. The van der Waals surface area contributed by atoms with Crippen LogP contribution in [-0.4, -0.2) is 42.1 Å². The molecule has 0 aliphatic carbocycles. The van der Waals surface area contributed by atoms with E-state index in [4.69, 9.17) is 34.8 Å². The number of amides is 1. The number of nitrogens with one attached hydrogen (secondary N) is 1. The monoisotopic (exact) mass is 412 g/mol. The Bertz CT molecular complexity index is 686. The summed E-state index contributed by atoms with van der Waals surface area (Å²) in [6.45, 7) is 2.36. The van der Waals surface area contributed by atoms with Gasteiger partial charge in [0.15, 0.2) is 5.37 Å². The summed E-state index contributed by atoms with van der Waals surface area (Å²) in [5.41, 5.74) is 0. The van der Waals surface area contributed by atoms with E-state index in [1.54, 1.807) is 4.90 Å². The Morgan fingerprint density at radius 2 is 1.71 bits per heavy atom. The highest BCUT2D eigenvalue weighted by Crippen LogP contribution is 2.37. The molecule has 2 rings (SSSR count). The number of hydrogen-bond acceptors (Lipinski definition) is 4. The van der Waals surface area contributed by atoms with Gasteiger partial charge in [-0.2, -0.15) is 0 Å². The number of rotatable bonds is 5. The Balaban J connectivity index is 2.43. The van der Waals surface area contributed by atoms with Gasteiger partial charge in [0.1, 0.15) is 0 Å². The zero-order valence-corrected chi connectivity index (χ0v) is 16.2. The van der Waals surface area contributed by atoms with Gasteiger partial charge in [0.05, 0.1) is 4.90 Å². The fraction of sp³-hybridized carbons (Fsp3) is 0.533. The maximum Gasteiger partial charge on any atom is 0.218 e. The van der Waals surface area contributed by atoms with Crippen LogP contribution in [-0.2, 0) is 14.6 Å². The zero-order chi connectivity index (χ0) is 18.0. The highest BCUT2D eigenvalue weighted by Gasteiger charge is 2.49. The summed E-state index contributed by atoms with van der Waals surface area (Å²) in [5.74, 6) is -0.528. The van der Waals surface area contributed by atoms with Gasteiger partial charge >= 0.3 is 0 Å². The smallest absolute Gasteiger partial charge is 0.218 e. The molecule has 0 saturated carbocycles. The molecule has 24 heavy (non-hydrogen) atoms. The molecular weight excluding hydrogens is 395 g/mol. The Labute approximate surface area is 157 Å². The van der Waals surface area contributed by atoms with E-state index in [9.17, 15) is 13.2 Å². The fourth-order valence-electron chi connectivity index (χ4n) is 2.65. The Hall–Kier alpha value is -0.530. The molecule has 0 bridgehead atoms. The molecule has 5 nitrogen and oxygen atoms in total. The van der Waals surface area contributed by atoms with Gasteiger partial charge in [-0.1, -0.05) is 41.2 Å². The molecule has 1 amide bonds. The number of hydrogen-bond donors (Lipinski definition) is 1. The summed E-state index contributed by atoms with van der Waals surface area (Å²) >= 11 is 18.7. The summed E-state index contributed by atoms with van der Waals surface area (Å²) in [4.78, 5) is 13.3. The van der Waals surface area contributed by atoms with Crippen molar-refractivity contribution in [2.24, 2.45) is 0 Å². The second-order valence-electron chi connectivity index (χ2n) is 5.71. The third kappa shape index (κ3) is 4.35. The van der Waals surface area contributed by atoms with Gasteiger partial charge < -0.3 is 5.32 Å². The molecule has 1 heterocycles. The summed E-state index contributed by atoms with van der Waals surface area (Å²) in [6, 6.07) is 5.66. The molecule has 1 saturated heterocycles. The summed E-state index contributed by atoms with van der Waals surface area (Å²) < 4.78 is 24.3. The number of alkyl halides is 2. The lowest BCUT2D eigenvalue weighted by molar-refractivity contribution is -0.119. The van der Waals surface area contributed by atoms with Crippen LogP contribution in [0.4, 0.5) is 0 Å². The van der Waals surface area contributed by atoms with Crippen LogP contribution in [0.1, 0.15) is 26.2 Å². The minimum absolute atomic E-state index is 0.00617. The Morgan fingerprint density at radius 1 is 1.17 bits per heavy atom. The van der Waals surface area contributed by atoms with E-state index in [1.165, 1.54) is 31.2 Å². The summed E-state index contributed by atoms with van der Waals surface area (Å²) in [5, 5.41) is 1.32. The lowest BCUT2D eigenvalue weighted by Gasteiger charge is -2.41. The molecule has 1 unspecified atom stereocenters. The van der Waals surface area contributed by atoms with Crippen LogP contribution >= 0.6 is 34.8 Å². The lowest BCUT2D eigenvalue weighted by Crippen LogP contribution is -2.59. The van der Waals surface area contributed by atoms with Crippen LogP contribution in [0.2, 0.25) is 5.02 Å². The van der Waals surface area contributed by atoms with E-state index < -0.39 is 25.6 Å². The van der Waals surface area contributed by atoms with Crippen molar-refractivity contribution in [2.75, 3.05) is 13.1 Å². The molecule has 1 aromatic carbocycles. The molecule has 1 fully saturated rings. The van der Waals surface area contributed by atoms with Crippen LogP contribution < -0.4 is 5.32 Å². The molecule has 0 spiro atoms. The van der Waals surface area contributed by atoms with Gasteiger partial charge in [0, 0.05) is 25.0 Å².